The first-order chi connectivity index (χ1) is 13.8. The Morgan fingerprint density at radius 2 is 1.75 bits per heavy atom. The molecule has 0 saturated carbocycles. The van der Waals surface area contributed by atoms with E-state index in [2.05, 4.69) is 54.3 Å². The van der Waals surface area contributed by atoms with Crippen LogP contribution in [0.25, 0.3) is 0 Å². The van der Waals surface area contributed by atoms with Crippen LogP contribution in [-0.2, 0) is 6.54 Å². The van der Waals surface area contributed by atoms with E-state index in [1.54, 1.807) is 18.5 Å². The molecule has 3 aromatic rings. The van der Waals surface area contributed by atoms with Gasteiger partial charge in [0.2, 0.25) is 0 Å². The summed E-state index contributed by atoms with van der Waals surface area (Å²) in [6.07, 6.45) is 4.90. The van der Waals surface area contributed by atoms with Gasteiger partial charge in [-0.1, -0.05) is 24.3 Å². The molecule has 142 valence electrons. The SMILES string of the molecule is O=C(NCc1cccnc1)c1cc(N2CCN(c3ccccc3)CC2)ncn1. The van der Waals surface area contributed by atoms with Crippen molar-refractivity contribution >= 4 is 17.4 Å². The molecule has 7 nitrogen and oxygen atoms in total. The second kappa shape index (κ2) is 8.47. The highest BCUT2D eigenvalue weighted by molar-refractivity contribution is 5.92. The number of aromatic nitrogens is 3. The second-order valence-electron chi connectivity index (χ2n) is 6.62. The predicted octanol–water partition coefficient (Wildman–Crippen LogP) is 2.13. The van der Waals surface area contributed by atoms with Gasteiger partial charge in [-0.05, 0) is 23.8 Å². The minimum atomic E-state index is -0.213. The van der Waals surface area contributed by atoms with Crippen molar-refractivity contribution in [2.24, 2.45) is 0 Å². The lowest BCUT2D eigenvalue weighted by molar-refractivity contribution is 0.0945. The van der Waals surface area contributed by atoms with Crippen molar-refractivity contribution in [3.05, 3.63) is 78.5 Å². The standard InChI is InChI=1S/C21H22N6O/c28-21(23-15-17-5-4-8-22-14-17)19-13-20(25-16-24-19)27-11-9-26(10-12-27)18-6-2-1-3-7-18/h1-8,13-14,16H,9-12,15H2,(H,23,28). The molecule has 1 aromatic carbocycles. The molecule has 0 unspecified atom stereocenters. The molecule has 0 radical (unpaired) electrons. The number of amides is 1. The highest BCUT2D eigenvalue weighted by atomic mass is 16.1. The number of benzene rings is 1. The number of para-hydroxylation sites is 1. The zero-order chi connectivity index (χ0) is 19.2. The van der Waals surface area contributed by atoms with Crippen LogP contribution in [0.15, 0.2) is 67.3 Å². The molecular formula is C21H22N6O. The molecule has 1 fully saturated rings. The second-order valence-corrected chi connectivity index (χ2v) is 6.62. The van der Waals surface area contributed by atoms with E-state index < -0.39 is 0 Å². The fourth-order valence-corrected chi connectivity index (χ4v) is 3.25. The number of hydrogen-bond donors (Lipinski definition) is 1. The van der Waals surface area contributed by atoms with Gasteiger partial charge in [0.05, 0.1) is 0 Å². The maximum Gasteiger partial charge on any atom is 0.270 e. The largest absolute Gasteiger partial charge is 0.368 e. The number of rotatable bonds is 5. The van der Waals surface area contributed by atoms with Crippen LogP contribution >= 0.6 is 0 Å². The van der Waals surface area contributed by atoms with Gasteiger partial charge in [0.25, 0.3) is 5.91 Å². The Labute approximate surface area is 164 Å². The molecule has 1 saturated heterocycles. The van der Waals surface area contributed by atoms with Gasteiger partial charge in [-0.2, -0.15) is 0 Å². The van der Waals surface area contributed by atoms with Crippen LogP contribution < -0.4 is 15.1 Å². The maximum atomic E-state index is 12.4. The van der Waals surface area contributed by atoms with Crippen molar-refractivity contribution in [2.75, 3.05) is 36.0 Å². The normalized spacial score (nSPS) is 14.0. The van der Waals surface area contributed by atoms with Crippen LogP contribution in [0.1, 0.15) is 16.1 Å². The molecule has 1 N–H and O–H groups in total. The molecular weight excluding hydrogens is 352 g/mol. The van der Waals surface area contributed by atoms with Crippen LogP contribution in [0.4, 0.5) is 11.5 Å². The van der Waals surface area contributed by atoms with E-state index in [1.807, 2.05) is 18.2 Å². The van der Waals surface area contributed by atoms with Crippen LogP contribution in [-0.4, -0.2) is 47.0 Å². The lowest BCUT2D eigenvalue weighted by Crippen LogP contribution is -2.46. The average Bonchev–Trinajstić information content (AvgIpc) is 2.79. The summed E-state index contributed by atoms with van der Waals surface area (Å²) in [7, 11) is 0. The molecule has 1 amide bonds. The number of carbonyl (C=O) groups is 1. The minimum absolute atomic E-state index is 0.213. The monoisotopic (exact) mass is 374 g/mol. The summed E-state index contributed by atoms with van der Waals surface area (Å²) in [5, 5.41) is 2.88. The van der Waals surface area contributed by atoms with E-state index in [0.29, 0.717) is 12.2 Å². The topological polar surface area (TPSA) is 74.2 Å². The van der Waals surface area contributed by atoms with Crippen LogP contribution in [0.2, 0.25) is 0 Å². The summed E-state index contributed by atoms with van der Waals surface area (Å²) in [6.45, 7) is 3.94. The molecule has 0 bridgehead atoms. The first kappa shape index (κ1) is 17.9. The maximum absolute atomic E-state index is 12.4. The summed E-state index contributed by atoms with van der Waals surface area (Å²) in [5.41, 5.74) is 2.56. The zero-order valence-electron chi connectivity index (χ0n) is 15.5. The highest BCUT2D eigenvalue weighted by Gasteiger charge is 2.19. The van der Waals surface area contributed by atoms with Gasteiger partial charge in [-0.15, -0.1) is 0 Å². The molecule has 1 aliphatic rings. The van der Waals surface area contributed by atoms with Gasteiger partial charge >= 0.3 is 0 Å². The fraction of sp³-hybridized carbons (Fsp3) is 0.238. The Hall–Kier alpha value is -3.48. The van der Waals surface area contributed by atoms with E-state index in [9.17, 15) is 4.79 Å². The molecule has 0 aliphatic carbocycles. The van der Waals surface area contributed by atoms with E-state index in [-0.39, 0.29) is 5.91 Å². The van der Waals surface area contributed by atoms with Crippen molar-refractivity contribution in [3.8, 4) is 0 Å². The Morgan fingerprint density at radius 1 is 0.964 bits per heavy atom. The number of nitrogens with zero attached hydrogens (tertiary/aromatic N) is 5. The van der Waals surface area contributed by atoms with Gasteiger partial charge in [-0.25, -0.2) is 9.97 Å². The molecule has 3 heterocycles. The van der Waals surface area contributed by atoms with E-state index in [4.69, 9.17) is 0 Å². The van der Waals surface area contributed by atoms with Gasteiger partial charge in [0.1, 0.15) is 17.8 Å². The van der Waals surface area contributed by atoms with Crippen LogP contribution in [0.3, 0.4) is 0 Å². The highest BCUT2D eigenvalue weighted by Crippen LogP contribution is 2.19. The first-order valence-electron chi connectivity index (χ1n) is 9.34. The third kappa shape index (κ3) is 4.25. The third-order valence-corrected chi connectivity index (χ3v) is 4.79. The van der Waals surface area contributed by atoms with Crippen molar-refractivity contribution in [3.63, 3.8) is 0 Å². The van der Waals surface area contributed by atoms with Gasteiger partial charge < -0.3 is 15.1 Å². The first-order valence-corrected chi connectivity index (χ1v) is 9.34. The zero-order valence-corrected chi connectivity index (χ0v) is 15.5. The predicted molar refractivity (Wildman–Crippen MR) is 108 cm³/mol. The number of anilines is 2. The van der Waals surface area contributed by atoms with Crippen LogP contribution in [0.5, 0.6) is 0 Å². The number of carbonyl (C=O) groups excluding carboxylic acids is 1. The smallest absolute Gasteiger partial charge is 0.270 e. The number of hydrogen-bond acceptors (Lipinski definition) is 6. The summed E-state index contributed by atoms with van der Waals surface area (Å²) in [5.74, 6) is 0.574. The summed E-state index contributed by atoms with van der Waals surface area (Å²) in [6, 6.07) is 15.9. The number of piperazine rings is 1. The molecule has 0 atom stereocenters. The molecule has 4 rings (SSSR count). The van der Waals surface area contributed by atoms with Gasteiger partial charge in [0.15, 0.2) is 0 Å². The summed E-state index contributed by atoms with van der Waals surface area (Å²) in [4.78, 5) is 29.5. The lowest BCUT2D eigenvalue weighted by atomic mass is 10.2. The third-order valence-electron chi connectivity index (χ3n) is 4.79. The van der Waals surface area contributed by atoms with Crippen molar-refractivity contribution < 1.29 is 4.79 Å². The number of nitrogens with one attached hydrogen (secondary N) is 1. The molecule has 7 heteroatoms. The summed E-state index contributed by atoms with van der Waals surface area (Å²) < 4.78 is 0. The Morgan fingerprint density at radius 3 is 2.50 bits per heavy atom. The Kier molecular flexibility index (Phi) is 5.42. The molecule has 28 heavy (non-hydrogen) atoms. The van der Waals surface area contributed by atoms with Crippen molar-refractivity contribution in [1.29, 1.82) is 0 Å². The Balaban J connectivity index is 1.37. The average molecular weight is 374 g/mol. The summed E-state index contributed by atoms with van der Waals surface area (Å²) >= 11 is 0. The Bertz CT molecular complexity index is 910. The van der Waals surface area contributed by atoms with Crippen molar-refractivity contribution in [1.82, 2.24) is 20.3 Å². The molecule has 1 aliphatic heterocycles. The van der Waals surface area contributed by atoms with Gasteiger partial charge in [0, 0.05) is 56.9 Å². The molecule has 0 spiro atoms. The number of pyridine rings is 1. The van der Waals surface area contributed by atoms with E-state index in [0.717, 1.165) is 37.6 Å². The van der Waals surface area contributed by atoms with Gasteiger partial charge in [-0.3, -0.25) is 9.78 Å². The van der Waals surface area contributed by atoms with Crippen molar-refractivity contribution in [2.45, 2.75) is 6.54 Å². The van der Waals surface area contributed by atoms with Crippen LogP contribution in [0, 0.1) is 0 Å². The minimum Gasteiger partial charge on any atom is -0.368 e. The quantitative estimate of drug-likeness (QED) is 0.737. The fourth-order valence-electron chi connectivity index (χ4n) is 3.25. The lowest BCUT2D eigenvalue weighted by Gasteiger charge is -2.36. The molecule has 2 aromatic heterocycles. The van der Waals surface area contributed by atoms with E-state index in [1.165, 1.54) is 12.0 Å². The van der Waals surface area contributed by atoms with E-state index >= 15 is 0 Å².